The third-order valence-corrected chi connectivity index (χ3v) is 1.39. The highest BCUT2D eigenvalue weighted by Gasteiger charge is 2.08. The Labute approximate surface area is 66.9 Å². The fourth-order valence-corrected chi connectivity index (χ4v) is 0.788. The summed E-state index contributed by atoms with van der Waals surface area (Å²) >= 11 is 0. The Hall–Kier alpha value is -1.65. The largest absolute Gasteiger partial charge is 0.478 e. The molecule has 0 aliphatic heterocycles. The predicted octanol–water partition coefficient (Wildman–Crippen LogP) is 0.223. The Morgan fingerprint density at radius 2 is 2.25 bits per heavy atom. The molecule has 1 aromatic heterocycles. The van der Waals surface area contributed by atoms with E-state index in [0.717, 1.165) is 10.8 Å². The zero-order valence-electron chi connectivity index (χ0n) is 6.24. The quantitative estimate of drug-likeness (QED) is 0.657. The van der Waals surface area contributed by atoms with Gasteiger partial charge >= 0.3 is 5.97 Å². The standard InChI is InChI=1S/C7H6FNO3/c1-9-3-4(7(11)12)2-5(8)6(9)10/h2-3H,1H3,(H,11,12). The number of halogens is 1. The van der Waals surface area contributed by atoms with Crippen LogP contribution in [0.1, 0.15) is 10.4 Å². The number of hydrogen-bond acceptors (Lipinski definition) is 2. The van der Waals surface area contributed by atoms with Gasteiger partial charge in [-0.15, -0.1) is 0 Å². The average Bonchev–Trinajstić information content (AvgIpc) is 1.99. The van der Waals surface area contributed by atoms with E-state index in [1.165, 1.54) is 7.05 Å². The number of carboxylic acids is 1. The maximum Gasteiger partial charge on any atom is 0.337 e. The van der Waals surface area contributed by atoms with Gasteiger partial charge in [0, 0.05) is 13.2 Å². The van der Waals surface area contributed by atoms with Crippen LogP contribution in [-0.4, -0.2) is 15.6 Å². The molecule has 0 amide bonds. The molecule has 0 atom stereocenters. The lowest BCUT2D eigenvalue weighted by Gasteiger charge is -1.98. The summed E-state index contributed by atoms with van der Waals surface area (Å²) in [5.41, 5.74) is -1.07. The van der Waals surface area contributed by atoms with Gasteiger partial charge < -0.3 is 9.67 Å². The monoisotopic (exact) mass is 171 g/mol. The van der Waals surface area contributed by atoms with Gasteiger partial charge in [-0.05, 0) is 6.07 Å². The van der Waals surface area contributed by atoms with E-state index in [9.17, 15) is 14.0 Å². The highest BCUT2D eigenvalue weighted by Crippen LogP contribution is 1.97. The van der Waals surface area contributed by atoms with E-state index in [1.807, 2.05) is 0 Å². The smallest absolute Gasteiger partial charge is 0.337 e. The van der Waals surface area contributed by atoms with Crippen molar-refractivity contribution in [3.8, 4) is 0 Å². The summed E-state index contributed by atoms with van der Waals surface area (Å²) < 4.78 is 13.5. The first-order valence-corrected chi connectivity index (χ1v) is 3.12. The summed E-state index contributed by atoms with van der Waals surface area (Å²) in [6, 6.07) is 0.699. The van der Waals surface area contributed by atoms with Crippen LogP contribution in [0.3, 0.4) is 0 Å². The topological polar surface area (TPSA) is 59.3 Å². The number of aromatic nitrogens is 1. The average molecular weight is 171 g/mol. The minimum Gasteiger partial charge on any atom is -0.478 e. The minimum atomic E-state index is -1.26. The highest BCUT2D eigenvalue weighted by atomic mass is 19.1. The molecule has 64 valence electrons. The maximum atomic E-state index is 12.6. The van der Waals surface area contributed by atoms with Gasteiger partial charge in [-0.2, -0.15) is 0 Å². The van der Waals surface area contributed by atoms with E-state index in [-0.39, 0.29) is 5.56 Å². The van der Waals surface area contributed by atoms with Crippen LogP contribution in [0.2, 0.25) is 0 Å². The second kappa shape index (κ2) is 2.77. The Balaban J connectivity index is 3.41. The third kappa shape index (κ3) is 1.34. The second-order valence-electron chi connectivity index (χ2n) is 2.30. The molecule has 0 aromatic carbocycles. The zero-order chi connectivity index (χ0) is 9.30. The van der Waals surface area contributed by atoms with Crippen LogP contribution < -0.4 is 5.56 Å². The molecule has 1 N–H and O–H groups in total. The number of nitrogens with zero attached hydrogens (tertiary/aromatic N) is 1. The lowest BCUT2D eigenvalue weighted by atomic mass is 10.3. The molecule has 0 saturated carbocycles. The maximum absolute atomic E-state index is 12.6. The van der Waals surface area contributed by atoms with Gasteiger partial charge in [-0.3, -0.25) is 4.79 Å². The summed E-state index contributed by atoms with van der Waals surface area (Å²) in [5.74, 6) is -2.32. The molecule has 1 rings (SSSR count). The van der Waals surface area contributed by atoms with Gasteiger partial charge in [0.1, 0.15) is 0 Å². The van der Waals surface area contributed by atoms with Crippen molar-refractivity contribution in [1.82, 2.24) is 4.57 Å². The number of carbonyl (C=O) groups is 1. The summed E-state index contributed by atoms with van der Waals surface area (Å²) in [7, 11) is 1.29. The molecular weight excluding hydrogens is 165 g/mol. The van der Waals surface area contributed by atoms with Crippen LogP contribution in [0.15, 0.2) is 17.1 Å². The zero-order valence-corrected chi connectivity index (χ0v) is 6.24. The second-order valence-corrected chi connectivity index (χ2v) is 2.30. The third-order valence-electron chi connectivity index (χ3n) is 1.39. The van der Waals surface area contributed by atoms with Crippen LogP contribution in [0.5, 0.6) is 0 Å². The van der Waals surface area contributed by atoms with E-state index in [2.05, 4.69) is 0 Å². The molecule has 0 saturated heterocycles. The lowest BCUT2D eigenvalue weighted by molar-refractivity contribution is 0.0695. The van der Waals surface area contributed by atoms with Gasteiger partial charge in [0.15, 0.2) is 5.82 Å². The van der Waals surface area contributed by atoms with Crippen LogP contribution in [0.25, 0.3) is 0 Å². The van der Waals surface area contributed by atoms with Gasteiger partial charge in [0.05, 0.1) is 5.56 Å². The summed E-state index contributed by atoms with van der Waals surface area (Å²) in [5, 5.41) is 8.44. The van der Waals surface area contributed by atoms with E-state index in [1.54, 1.807) is 0 Å². The number of hydrogen-bond donors (Lipinski definition) is 1. The normalized spacial score (nSPS) is 9.83. The van der Waals surface area contributed by atoms with Crippen LogP contribution >= 0.6 is 0 Å². The lowest BCUT2D eigenvalue weighted by Crippen LogP contribution is -2.21. The first-order valence-electron chi connectivity index (χ1n) is 3.12. The molecule has 0 fully saturated rings. The van der Waals surface area contributed by atoms with Crippen molar-refractivity contribution in [2.24, 2.45) is 7.05 Å². The van der Waals surface area contributed by atoms with Crippen LogP contribution in [0, 0.1) is 5.82 Å². The van der Waals surface area contributed by atoms with E-state index >= 15 is 0 Å². The highest BCUT2D eigenvalue weighted by molar-refractivity contribution is 5.87. The van der Waals surface area contributed by atoms with E-state index in [4.69, 9.17) is 5.11 Å². The van der Waals surface area contributed by atoms with Crippen LogP contribution in [0.4, 0.5) is 4.39 Å². The molecule has 0 aliphatic rings. The Kier molecular flexibility index (Phi) is 1.95. The van der Waals surface area contributed by atoms with Crippen molar-refractivity contribution in [2.75, 3.05) is 0 Å². The molecule has 1 heterocycles. The first-order chi connectivity index (χ1) is 5.52. The molecule has 0 spiro atoms. The molecule has 1 aromatic rings. The fourth-order valence-electron chi connectivity index (χ4n) is 0.788. The molecule has 4 nitrogen and oxygen atoms in total. The Bertz CT molecular complexity index is 356. The number of pyridine rings is 1. The Morgan fingerprint density at radius 3 is 2.67 bits per heavy atom. The fraction of sp³-hybridized carbons (Fsp3) is 0.143. The van der Waals surface area contributed by atoms with Gasteiger partial charge in [-0.25, -0.2) is 9.18 Å². The summed E-state index contributed by atoms with van der Waals surface area (Å²) in [4.78, 5) is 21.1. The summed E-state index contributed by atoms with van der Waals surface area (Å²) in [6.45, 7) is 0. The SMILES string of the molecule is Cn1cc(C(=O)O)cc(F)c1=O. The van der Waals surface area contributed by atoms with E-state index < -0.39 is 17.3 Å². The number of carboxylic acid groups (broad SMARTS) is 1. The molecule has 0 bridgehead atoms. The first kappa shape index (κ1) is 8.45. The van der Waals surface area contributed by atoms with Gasteiger partial charge in [0.25, 0.3) is 5.56 Å². The number of aryl methyl sites for hydroxylation is 1. The molecule has 0 unspecified atom stereocenters. The molecule has 0 aliphatic carbocycles. The molecule has 5 heteroatoms. The van der Waals surface area contributed by atoms with Crippen molar-refractivity contribution in [1.29, 1.82) is 0 Å². The summed E-state index contributed by atoms with van der Waals surface area (Å²) in [6.07, 6.45) is 1.06. The molecular formula is C7H6FNO3. The number of aromatic carboxylic acids is 1. The van der Waals surface area contributed by atoms with Crippen molar-refractivity contribution < 1.29 is 14.3 Å². The molecule has 12 heavy (non-hydrogen) atoms. The van der Waals surface area contributed by atoms with Crippen molar-refractivity contribution in [3.05, 3.63) is 34.0 Å². The van der Waals surface area contributed by atoms with Crippen molar-refractivity contribution in [3.63, 3.8) is 0 Å². The Morgan fingerprint density at radius 1 is 1.67 bits per heavy atom. The van der Waals surface area contributed by atoms with E-state index in [0.29, 0.717) is 6.07 Å². The van der Waals surface area contributed by atoms with Crippen molar-refractivity contribution >= 4 is 5.97 Å². The van der Waals surface area contributed by atoms with Crippen LogP contribution in [-0.2, 0) is 7.05 Å². The number of rotatable bonds is 1. The minimum absolute atomic E-state index is 0.241. The molecule has 0 radical (unpaired) electrons. The van der Waals surface area contributed by atoms with Gasteiger partial charge in [-0.1, -0.05) is 0 Å². The van der Waals surface area contributed by atoms with Gasteiger partial charge in [0.2, 0.25) is 0 Å². The van der Waals surface area contributed by atoms with Crippen molar-refractivity contribution in [2.45, 2.75) is 0 Å². The predicted molar refractivity (Wildman–Crippen MR) is 38.6 cm³/mol.